The molecule has 0 bridgehead atoms. The van der Waals surface area contributed by atoms with Gasteiger partial charge in [-0.1, -0.05) is 50.6 Å². The van der Waals surface area contributed by atoms with E-state index in [1.54, 1.807) is 13.0 Å². The van der Waals surface area contributed by atoms with Crippen LogP contribution >= 0.6 is 0 Å². The number of halogens is 1. The lowest BCUT2D eigenvalue weighted by Crippen LogP contribution is -2.16. The van der Waals surface area contributed by atoms with Crippen molar-refractivity contribution in [3.05, 3.63) is 68.6 Å². The molecule has 1 aliphatic rings. The molecule has 0 atom stereocenters. The van der Waals surface area contributed by atoms with Crippen LogP contribution in [-0.4, -0.2) is 18.2 Å². The molecular formula is C32H45FN2O. The van der Waals surface area contributed by atoms with Crippen molar-refractivity contribution in [2.24, 2.45) is 10.4 Å². The van der Waals surface area contributed by atoms with Crippen molar-refractivity contribution in [2.45, 2.75) is 94.9 Å². The quantitative estimate of drug-likeness (QED) is 0.197. The summed E-state index contributed by atoms with van der Waals surface area (Å²) in [4.78, 5) is 4.63. The molecule has 1 aromatic rings. The predicted octanol–water partition coefficient (Wildman–Crippen LogP) is 9.47. The summed E-state index contributed by atoms with van der Waals surface area (Å²) in [5.41, 5.74) is 8.41. The molecule has 0 unspecified atom stereocenters. The molecule has 0 heterocycles. The smallest absolute Gasteiger partial charge is 0.185 e. The largest absolute Gasteiger partial charge is 0.480 e. The maximum absolute atomic E-state index is 16.5. The number of hydrogen-bond donors (Lipinski definition) is 1. The zero-order valence-electron chi connectivity index (χ0n) is 24.1. The molecule has 1 saturated carbocycles. The number of benzene rings is 1. The van der Waals surface area contributed by atoms with Crippen LogP contribution in [0.4, 0.5) is 10.1 Å². The van der Waals surface area contributed by atoms with E-state index < -0.39 is 5.82 Å². The lowest BCUT2D eigenvalue weighted by molar-refractivity contribution is 0.233. The van der Waals surface area contributed by atoms with E-state index in [1.165, 1.54) is 0 Å². The van der Waals surface area contributed by atoms with Crippen molar-refractivity contribution >= 4 is 23.4 Å². The van der Waals surface area contributed by atoms with Crippen LogP contribution in [0, 0.1) is 16.6 Å². The van der Waals surface area contributed by atoms with Crippen LogP contribution < -0.4 is 0 Å². The molecule has 196 valence electrons. The van der Waals surface area contributed by atoms with Crippen LogP contribution in [0.2, 0.25) is 0 Å². The lowest BCUT2D eigenvalue weighted by Gasteiger charge is -2.23. The number of allylic oxidation sites excluding steroid dienone is 6. The molecule has 0 amide bonds. The van der Waals surface area contributed by atoms with Crippen molar-refractivity contribution in [1.82, 2.24) is 0 Å². The average Bonchev–Trinajstić information content (AvgIpc) is 3.59. The van der Waals surface area contributed by atoms with E-state index in [4.69, 9.17) is 4.74 Å². The molecule has 1 aromatic carbocycles. The molecule has 2 rings (SSSR count). The first kappa shape index (κ1) is 29.5. The van der Waals surface area contributed by atoms with Gasteiger partial charge in [-0.3, -0.25) is 5.41 Å². The van der Waals surface area contributed by atoms with Gasteiger partial charge in [0.2, 0.25) is 0 Å². The number of aliphatic imine (C=N–C) groups is 1. The van der Waals surface area contributed by atoms with Crippen LogP contribution in [0.1, 0.15) is 104 Å². The van der Waals surface area contributed by atoms with Gasteiger partial charge < -0.3 is 4.74 Å². The second-order valence-corrected chi connectivity index (χ2v) is 10.5. The second-order valence-electron chi connectivity index (χ2n) is 10.5. The molecule has 1 aliphatic carbocycles. The summed E-state index contributed by atoms with van der Waals surface area (Å²) in [7, 11) is 0. The topological polar surface area (TPSA) is 45.4 Å². The van der Waals surface area contributed by atoms with Crippen molar-refractivity contribution in [3.63, 3.8) is 0 Å². The summed E-state index contributed by atoms with van der Waals surface area (Å²) >= 11 is 0. The maximum Gasteiger partial charge on any atom is 0.185 e. The summed E-state index contributed by atoms with van der Waals surface area (Å²) in [6, 6.07) is 0. The number of hydrogen-bond acceptors (Lipinski definition) is 3. The van der Waals surface area contributed by atoms with Gasteiger partial charge >= 0.3 is 0 Å². The summed E-state index contributed by atoms with van der Waals surface area (Å²) in [6.07, 6.45) is 7.31. The number of rotatable bonds is 10. The van der Waals surface area contributed by atoms with E-state index in [1.807, 2.05) is 54.5 Å². The van der Waals surface area contributed by atoms with Gasteiger partial charge in [-0.05, 0) is 89.5 Å². The van der Waals surface area contributed by atoms with Crippen molar-refractivity contribution in [2.75, 3.05) is 6.61 Å². The highest BCUT2D eigenvalue weighted by Crippen LogP contribution is 2.45. The average molecular weight is 493 g/mol. The SMILES string of the molecule is C=Cc1c(CC)c(CC)c(C(=N)/C(C(C)=C(C)C)=C(C)\C(C)=C/C)c(F)c1N=C(C)OCC1(C)CC1. The molecule has 0 spiro atoms. The van der Waals surface area contributed by atoms with Gasteiger partial charge in [0.25, 0.3) is 0 Å². The Morgan fingerprint density at radius 3 is 2.08 bits per heavy atom. The zero-order chi connectivity index (χ0) is 27.4. The van der Waals surface area contributed by atoms with Gasteiger partial charge in [-0.25, -0.2) is 9.38 Å². The van der Waals surface area contributed by atoms with E-state index in [0.29, 0.717) is 36.5 Å². The van der Waals surface area contributed by atoms with Crippen molar-refractivity contribution in [1.29, 1.82) is 5.41 Å². The van der Waals surface area contributed by atoms with Crippen LogP contribution in [-0.2, 0) is 17.6 Å². The third-order valence-corrected chi connectivity index (χ3v) is 7.61. The standard InChI is InChI=1S/C32H45FN2O/c1-12-20(7)22(9)27(21(8)19(5)6)30(34)28-25(14-3)24(13-2)26(15-4)31(29(28)33)35-23(10)36-18-32(11)16-17-32/h12,15,34H,4,13-14,16-18H2,1-3,5-11H3/b20-12-,27-22-,34-30?,35-23?. The fourth-order valence-electron chi connectivity index (χ4n) is 4.48. The molecule has 0 radical (unpaired) electrons. The van der Waals surface area contributed by atoms with E-state index in [0.717, 1.165) is 51.8 Å². The van der Waals surface area contributed by atoms with Gasteiger partial charge in [0.1, 0.15) is 5.69 Å². The third-order valence-electron chi connectivity index (χ3n) is 7.61. The molecule has 0 aromatic heterocycles. The zero-order valence-corrected chi connectivity index (χ0v) is 24.1. The Morgan fingerprint density at radius 2 is 1.64 bits per heavy atom. The molecular weight excluding hydrogens is 447 g/mol. The molecule has 0 saturated heterocycles. The number of nitrogens with zero attached hydrogens (tertiary/aromatic N) is 1. The minimum absolute atomic E-state index is 0.201. The fraction of sp³-hybridized carbons (Fsp3) is 0.500. The van der Waals surface area contributed by atoms with Crippen molar-refractivity contribution < 1.29 is 9.13 Å². The molecule has 1 fully saturated rings. The highest BCUT2D eigenvalue weighted by molar-refractivity contribution is 6.16. The Kier molecular flexibility index (Phi) is 9.82. The lowest BCUT2D eigenvalue weighted by atomic mass is 9.82. The maximum atomic E-state index is 16.5. The third kappa shape index (κ3) is 6.14. The van der Waals surface area contributed by atoms with Crippen LogP contribution in [0.15, 0.2) is 45.5 Å². The minimum Gasteiger partial charge on any atom is -0.480 e. The van der Waals surface area contributed by atoms with Gasteiger partial charge in [0.05, 0.1) is 12.3 Å². The Bertz CT molecular complexity index is 1170. The summed E-state index contributed by atoms with van der Waals surface area (Å²) in [5, 5.41) is 9.38. The van der Waals surface area contributed by atoms with Crippen LogP contribution in [0.5, 0.6) is 0 Å². The Hall–Kier alpha value is -2.75. The Balaban J connectivity index is 2.88. The predicted molar refractivity (Wildman–Crippen MR) is 154 cm³/mol. The number of ether oxygens (including phenoxy) is 1. The highest BCUT2D eigenvalue weighted by Gasteiger charge is 2.38. The molecule has 1 N–H and O–H groups in total. The first-order valence-corrected chi connectivity index (χ1v) is 13.1. The molecule has 36 heavy (non-hydrogen) atoms. The van der Waals surface area contributed by atoms with E-state index in [2.05, 4.69) is 25.4 Å². The highest BCUT2D eigenvalue weighted by atomic mass is 19.1. The Labute approximate surface area is 218 Å². The van der Waals surface area contributed by atoms with Gasteiger partial charge in [-0.2, -0.15) is 0 Å². The van der Waals surface area contributed by atoms with Gasteiger partial charge in [0, 0.05) is 29.0 Å². The number of nitrogens with one attached hydrogen (secondary N) is 1. The van der Waals surface area contributed by atoms with Gasteiger partial charge in [-0.15, -0.1) is 0 Å². The fourth-order valence-corrected chi connectivity index (χ4v) is 4.48. The first-order valence-electron chi connectivity index (χ1n) is 13.1. The summed E-state index contributed by atoms with van der Waals surface area (Å²) in [6.45, 7) is 24.7. The van der Waals surface area contributed by atoms with Gasteiger partial charge in [0.15, 0.2) is 11.7 Å². The normalized spacial score (nSPS) is 15.9. The monoisotopic (exact) mass is 492 g/mol. The summed E-state index contributed by atoms with van der Waals surface area (Å²) < 4.78 is 22.5. The minimum atomic E-state index is -0.477. The first-order chi connectivity index (χ1) is 16.9. The molecule has 3 nitrogen and oxygen atoms in total. The van der Waals surface area contributed by atoms with Crippen LogP contribution in [0.3, 0.4) is 0 Å². The molecule has 4 heteroatoms. The van der Waals surface area contributed by atoms with Crippen LogP contribution in [0.25, 0.3) is 6.08 Å². The van der Waals surface area contributed by atoms with E-state index in [-0.39, 0.29) is 16.8 Å². The van der Waals surface area contributed by atoms with E-state index >= 15 is 4.39 Å². The molecule has 0 aliphatic heterocycles. The van der Waals surface area contributed by atoms with E-state index in [9.17, 15) is 5.41 Å². The summed E-state index contributed by atoms with van der Waals surface area (Å²) in [5.74, 6) is -0.0411. The Morgan fingerprint density at radius 1 is 1.06 bits per heavy atom. The second kappa shape index (κ2) is 12.0. The van der Waals surface area contributed by atoms with Crippen molar-refractivity contribution in [3.8, 4) is 0 Å².